The summed E-state index contributed by atoms with van der Waals surface area (Å²) < 4.78 is 18.9. The summed E-state index contributed by atoms with van der Waals surface area (Å²) in [5, 5.41) is 3.17. The molecular formula is C17H18FN5O2. The first kappa shape index (κ1) is 15.9. The van der Waals surface area contributed by atoms with Gasteiger partial charge in [0.25, 0.3) is 5.91 Å². The molecule has 2 saturated heterocycles. The molecule has 2 atom stereocenters. The molecule has 2 aromatic rings. The predicted octanol–water partition coefficient (Wildman–Crippen LogP) is 1.50. The molecule has 2 aliphatic rings. The fraction of sp³-hybridized carbons (Fsp3) is 0.412. The van der Waals surface area contributed by atoms with Crippen molar-refractivity contribution in [3.8, 4) is 0 Å². The van der Waals surface area contributed by atoms with Gasteiger partial charge in [0, 0.05) is 25.4 Å². The average molecular weight is 343 g/mol. The van der Waals surface area contributed by atoms with E-state index in [1.807, 2.05) is 4.90 Å². The van der Waals surface area contributed by atoms with Gasteiger partial charge in [0.15, 0.2) is 5.82 Å². The maximum atomic E-state index is 12.9. The van der Waals surface area contributed by atoms with E-state index in [9.17, 15) is 9.18 Å². The van der Waals surface area contributed by atoms with E-state index in [1.165, 1.54) is 0 Å². The lowest BCUT2D eigenvalue weighted by molar-refractivity contribution is 0.0125. The van der Waals surface area contributed by atoms with Gasteiger partial charge in [-0.2, -0.15) is 0 Å². The number of anilines is 1. The Hall–Kier alpha value is -2.61. The van der Waals surface area contributed by atoms with Crippen molar-refractivity contribution >= 4 is 11.9 Å². The summed E-state index contributed by atoms with van der Waals surface area (Å²) >= 11 is 0. The Balaban J connectivity index is 1.38. The van der Waals surface area contributed by atoms with Crippen LogP contribution in [0.1, 0.15) is 23.2 Å². The number of carbonyl (C=O) groups excluding carboxylic acids is 1. The third kappa shape index (κ3) is 3.30. The summed E-state index contributed by atoms with van der Waals surface area (Å²) in [6.07, 6.45) is 7.04. The van der Waals surface area contributed by atoms with Crippen LogP contribution in [0.15, 0.2) is 36.9 Å². The number of rotatable bonds is 3. The van der Waals surface area contributed by atoms with Crippen LogP contribution in [0.2, 0.25) is 0 Å². The number of nitrogens with one attached hydrogen (secondary N) is 1. The summed E-state index contributed by atoms with van der Waals surface area (Å²) in [7, 11) is 0. The van der Waals surface area contributed by atoms with Gasteiger partial charge in [-0.25, -0.2) is 14.4 Å². The number of carbonyl (C=O) groups is 1. The Kier molecular flexibility index (Phi) is 4.04. The van der Waals surface area contributed by atoms with Gasteiger partial charge in [0.1, 0.15) is 0 Å². The number of hydrogen-bond acceptors (Lipinski definition) is 6. The van der Waals surface area contributed by atoms with E-state index in [4.69, 9.17) is 4.74 Å². The van der Waals surface area contributed by atoms with Crippen molar-refractivity contribution in [3.63, 3.8) is 0 Å². The molecule has 1 spiro atoms. The van der Waals surface area contributed by atoms with Crippen molar-refractivity contribution in [2.24, 2.45) is 0 Å². The fourth-order valence-corrected chi connectivity index (χ4v) is 3.48. The van der Waals surface area contributed by atoms with Gasteiger partial charge < -0.3 is 15.0 Å². The maximum absolute atomic E-state index is 12.9. The van der Waals surface area contributed by atoms with Crippen LogP contribution in [-0.2, 0) is 4.74 Å². The largest absolute Gasteiger partial charge is 0.371 e. The van der Waals surface area contributed by atoms with E-state index < -0.39 is 5.82 Å². The van der Waals surface area contributed by atoms with Gasteiger partial charge in [-0.3, -0.25) is 9.78 Å². The molecule has 2 aromatic heterocycles. The zero-order valence-corrected chi connectivity index (χ0v) is 13.6. The van der Waals surface area contributed by atoms with Gasteiger partial charge in [0.05, 0.1) is 42.8 Å². The number of aromatic nitrogens is 3. The van der Waals surface area contributed by atoms with Crippen LogP contribution in [0.5, 0.6) is 0 Å². The Labute approximate surface area is 144 Å². The van der Waals surface area contributed by atoms with E-state index in [-0.39, 0.29) is 17.6 Å². The molecule has 0 radical (unpaired) electrons. The second-order valence-electron chi connectivity index (χ2n) is 6.48. The van der Waals surface area contributed by atoms with Gasteiger partial charge in [-0.1, -0.05) is 0 Å². The highest BCUT2D eigenvalue weighted by Crippen LogP contribution is 2.36. The van der Waals surface area contributed by atoms with E-state index in [0.717, 1.165) is 25.2 Å². The van der Waals surface area contributed by atoms with Crippen LogP contribution >= 0.6 is 0 Å². The summed E-state index contributed by atoms with van der Waals surface area (Å²) in [5.41, 5.74) is 0.252. The molecule has 0 aliphatic carbocycles. The van der Waals surface area contributed by atoms with Gasteiger partial charge >= 0.3 is 0 Å². The minimum absolute atomic E-state index is 0.0214. The number of likely N-dealkylation sites (tertiary alicyclic amines) is 1. The molecule has 2 fully saturated rings. The smallest absolute Gasteiger partial charge is 0.255 e. The second-order valence-corrected chi connectivity index (χ2v) is 6.48. The van der Waals surface area contributed by atoms with Gasteiger partial charge in [-0.05, 0) is 18.6 Å². The molecule has 25 heavy (non-hydrogen) atoms. The third-order valence-corrected chi connectivity index (χ3v) is 4.67. The fourth-order valence-electron chi connectivity index (χ4n) is 3.48. The van der Waals surface area contributed by atoms with Crippen LogP contribution in [0.25, 0.3) is 0 Å². The molecule has 8 heteroatoms. The van der Waals surface area contributed by atoms with E-state index in [2.05, 4.69) is 20.3 Å². The summed E-state index contributed by atoms with van der Waals surface area (Å²) in [4.78, 5) is 26.2. The van der Waals surface area contributed by atoms with Crippen molar-refractivity contribution in [2.45, 2.75) is 24.5 Å². The van der Waals surface area contributed by atoms with E-state index in [0.29, 0.717) is 31.2 Å². The topological polar surface area (TPSA) is 80.2 Å². The number of ether oxygens (including phenoxy) is 1. The molecular weight excluding hydrogens is 325 g/mol. The Morgan fingerprint density at radius 2 is 2.20 bits per heavy atom. The second kappa shape index (κ2) is 6.36. The van der Waals surface area contributed by atoms with Crippen molar-refractivity contribution in [2.75, 3.05) is 25.0 Å². The number of nitrogens with zero attached hydrogens (tertiary/aromatic N) is 4. The SMILES string of the molecule is O=C(c1cccnc1)N1CCC2(CC(Nc3ncc(F)cn3)CO2)C1. The van der Waals surface area contributed by atoms with E-state index in [1.54, 1.807) is 24.5 Å². The van der Waals surface area contributed by atoms with Gasteiger partial charge in [-0.15, -0.1) is 0 Å². The number of hydrogen-bond donors (Lipinski definition) is 1. The van der Waals surface area contributed by atoms with Crippen LogP contribution < -0.4 is 5.32 Å². The molecule has 2 unspecified atom stereocenters. The summed E-state index contributed by atoms with van der Waals surface area (Å²) in [6, 6.07) is 3.57. The number of pyridine rings is 1. The van der Waals surface area contributed by atoms with Crippen LogP contribution in [0, 0.1) is 5.82 Å². The van der Waals surface area contributed by atoms with Crippen LogP contribution in [0.4, 0.5) is 10.3 Å². The quantitative estimate of drug-likeness (QED) is 0.910. The molecule has 4 heterocycles. The highest BCUT2D eigenvalue weighted by atomic mass is 19.1. The van der Waals surface area contributed by atoms with Crippen LogP contribution in [-0.4, -0.2) is 57.1 Å². The Morgan fingerprint density at radius 1 is 1.36 bits per heavy atom. The Bertz CT molecular complexity index is 757. The lowest BCUT2D eigenvalue weighted by atomic mass is 9.97. The highest BCUT2D eigenvalue weighted by molar-refractivity contribution is 5.94. The van der Waals surface area contributed by atoms with Crippen LogP contribution in [0.3, 0.4) is 0 Å². The summed E-state index contributed by atoms with van der Waals surface area (Å²) in [6.45, 7) is 1.73. The number of amides is 1. The molecule has 1 N–H and O–H groups in total. The molecule has 0 bridgehead atoms. The van der Waals surface area contributed by atoms with Gasteiger partial charge in [0.2, 0.25) is 5.95 Å². The number of halogens is 1. The first-order valence-corrected chi connectivity index (χ1v) is 8.21. The monoisotopic (exact) mass is 343 g/mol. The first-order chi connectivity index (χ1) is 12.1. The molecule has 1 amide bonds. The molecule has 2 aliphatic heterocycles. The minimum Gasteiger partial charge on any atom is -0.371 e. The maximum Gasteiger partial charge on any atom is 0.255 e. The molecule has 0 saturated carbocycles. The molecule has 7 nitrogen and oxygen atoms in total. The highest BCUT2D eigenvalue weighted by Gasteiger charge is 2.47. The van der Waals surface area contributed by atoms with Crippen molar-refractivity contribution < 1.29 is 13.9 Å². The molecule has 130 valence electrons. The molecule has 4 rings (SSSR count). The molecule has 0 aromatic carbocycles. The predicted molar refractivity (Wildman–Crippen MR) is 87.5 cm³/mol. The zero-order chi connectivity index (χ0) is 17.3. The summed E-state index contributed by atoms with van der Waals surface area (Å²) in [5.74, 6) is -0.106. The lowest BCUT2D eigenvalue weighted by Gasteiger charge is -2.23. The van der Waals surface area contributed by atoms with Crippen molar-refractivity contribution in [3.05, 3.63) is 48.3 Å². The lowest BCUT2D eigenvalue weighted by Crippen LogP contribution is -2.36. The zero-order valence-electron chi connectivity index (χ0n) is 13.6. The average Bonchev–Trinajstić information content (AvgIpc) is 3.24. The van der Waals surface area contributed by atoms with Crippen molar-refractivity contribution in [1.82, 2.24) is 19.9 Å². The van der Waals surface area contributed by atoms with E-state index >= 15 is 0 Å². The normalized spacial score (nSPS) is 25.5. The van der Waals surface area contributed by atoms with Crippen molar-refractivity contribution in [1.29, 1.82) is 0 Å². The Morgan fingerprint density at radius 3 is 2.96 bits per heavy atom. The minimum atomic E-state index is -0.468. The third-order valence-electron chi connectivity index (χ3n) is 4.67. The standard InChI is InChI=1S/C17H18FN5O2/c18-13-8-20-16(21-9-13)22-14-6-17(25-10-14)3-5-23(11-17)15(24)12-2-1-4-19-7-12/h1-2,4,7-9,14H,3,5-6,10-11H2,(H,20,21,22). The first-order valence-electron chi connectivity index (χ1n) is 8.21.